The average molecular weight is 484 g/mol. The average Bonchev–Trinajstić information content (AvgIpc) is 2.96. The zero-order valence-electron chi connectivity index (χ0n) is 20.7. The highest BCUT2D eigenvalue weighted by Crippen LogP contribution is 2.34. The molecule has 0 N–H and O–H groups in total. The van der Waals surface area contributed by atoms with E-state index in [9.17, 15) is 4.79 Å². The standard InChI is InChI=1S/C28H29N5O3/c1-31(24-12-11-20(35-2)18-25(24)36-3)28(34)23-19-30-27(22-9-5-4-8-21(22)23)33-16-14-32(15-17-33)26-10-6-7-13-29-26/h4-13,18-19H,14-17H2,1-3H3. The molecule has 0 atom stereocenters. The summed E-state index contributed by atoms with van der Waals surface area (Å²) < 4.78 is 10.8. The maximum absolute atomic E-state index is 13.6. The van der Waals surface area contributed by atoms with Gasteiger partial charge in [-0.2, -0.15) is 0 Å². The van der Waals surface area contributed by atoms with Crippen LogP contribution in [0.1, 0.15) is 10.4 Å². The first-order valence-corrected chi connectivity index (χ1v) is 11.9. The Balaban J connectivity index is 1.43. The second-order valence-electron chi connectivity index (χ2n) is 8.61. The van der Waals surface area contributed by atoms with Gasteiger partial charge in [0.15, 0.2) is 0 Å². The highest BCUT2D eigenvalue weighted by molar-refractivity contribution is 6.15. The predicted octanol–water partition coefficient (Wildman–Crippen LogP) is 4.25. The Labute approximate surface area is 210 Å². The lowest BCUT2D eigenvalue weighted by Gasteiger charge is -2.36. The largest absolute Gasteiger partial charge is 0.497 e. The Morgan fingerprint density at radius 2 is 1.58 bits per heavy atom. The first-order valence-electron chi connectivity index (χ1n) is 11.9. The van der Waals surface area contributed by atoms with Crippen molar-refractivity contribution in [2.24, 2.45) is 0 Å². The molecule has 0 aliphatic carbocycles. The molecule has 0 bridgehead atoms. The lowest BCUT2D eigenvalue weighted by Crippen LogP contribution is -2.47. The van der Waals surface area contributed by atoms with Crippen LogP contribution in [0.5, 0.6) is 11.5 Å². The van der Waals surface area contributed by atoms with Crippen LogP contribution in [0.25, 0.3) is 10.8 Å². The number of amides is 1. The SMILES string of the molecule is COc1ccc(N(C)C(=O)c2cnc(N3CCN(c4ccccn4)CC3)c3ccccc23)c(OC)c1. The van der Waals surface area contributed by atoms with Gasteiger partial charge in [0, 0.05) is 57.1 Å². The van der Waals surface area contributed by atoms with E-state index in [4.69, 9.17) is 14.5 Å². The number of fused-ring (bicyclic) bond motifs is 1. The van der Waals surface area contributed by atoms with Crippen molar-refractivity contribution in [3.05, 3.63) is 78.6 Å². The summed E-state index contributed by atoms with van der Waals surface area (Å²) in [5.74, 6) is 2.95. The molecule has 8 heteroatoms. The number of rotatable bonds is 6. The number of hydrogen-bond donors (Lipinski definition) is 0. The number of aromatic nitrogens is 2. The number of methoxy groups -OCH3 is 2. The molecule has 1 aliphatic rings. The van der Waals surface area contributed by atoms with Crippen molar-refractivity contribution < 1.29 is 14.3 Å². The summed E-state index contributed by atoms with van der Waals surface area (Å²) in [5, 5.41) is 1.84. The summed E-state index contributed by atoms with van der Waals surface area (Å²) in [6, 6.07) is 19.3. The second-order valence-corrected chi connectivity index (χ2v) is 8.61. The summed E-state index contributed by atoms with van der Waals surface area (Å²) in [4.78, 5) is 29.1. The molecule has 36 heavy (non-hydrogen) atoms. The Kier molecular flexibility index (Phi) is 6.58. The molecule has 0 radical (unpaired) electrons. The third-order valence-corrected chi connectivity index (χ3v) is 6.61. The first-order chi connectivity index (χ1) is 17.6. The number of nitrogens with zero attached hydrogens (tertiary/aromatic N) is 5. The fraction of sp³-hybridized carbons (Fsp3) is 0.250. The van der Waals surface area contributed by atoms with E-state index in [1.807, 2.05) is 60.8 Å². The van der Waals surface area contributed by atoms with Gasteiger partial charge in [-0.25, -0.2) is 9.97 Å². The lowest BCUT2D eigenvalue weighted by molar-refractivity contribution is 0.0993. The molecule has 0 spiro atoms. The Morgan fingerprint density at radius 3 is 2.28 bits per heavy atom. The lowest BCUT2D eigenvalue weighted by atomic mass is 10.0. The minimum atomic E-state index is -0.159. The molecule has 8 nitrogen and oxygen atoms in total. The van der Waals surface area contributed by atoms with Gasteiger partial charge in [-0.15, -0.1) is 0 Å². The first kappa shape index (κ1) is 23.4. The minimum Gasteiger partial charge on any atom is -0.497 e. The van der Waals surface area contributed by atoms with E-state index >= 15 is 0 Å². The molecule has 2 aromatic carbocycles. The van der Waals surface area contributed by atoms with Crippen LogP contribution in [-0.4, -0.2) is 63.3 Å². The summed E-state index contributed by atoms with van der Waals surface area (Å²) >= 11 is 0. The normalized spacial score (nSPS) is 13.5. The predicted molar refractivity (Wildman–Crippen MR) is 143 cm³/mol. The second kappa shape index (κ2) is 10.1. The Hall–Kier alpha value is -4.33. The molecule has 5 rings (SSSR count). The van der Waals surface area contributed by atoms with Gasteiger partial charge in [0.25, 0.3) is 5.91 Å². The van der Waals surface area contributed by atoms with Crippen LogP contribution in [0.2, 0.25) is 0 Å². The summed E-state index contributed by atoms with van der Waals surface area (Å²) in [6.07, 6.45) is 3.52. The van der Waals surface area contributed by atoms with E-state index in [0.717, 1.165) is 48.6 Å². The third-order valence-electron chi connectivity index (χ3n) is 6.61. The molecule has 0 unspecified atom stereocenters. The molecule has 1 saturated heterocycles. The summed E-state index contributed by atoms with van der Waals surface area (Å²) in [7, 11) is 4.92. The van der Waals surface area contributed by atoms with Crippen molar-refractivity contribution in [3.63, 3.8) is 0 Å². The maximum atomic E-state index is 13.6. The number of carbonyl (C=O) groups excluding carboxylic acids is 1. The van der Waals surface area contributed by atoms with Gasteiger partial charge in [-0.3, -0.25) is 4.79 Å². The van der Waals surface area contributed by atoms with Gasteiger partial charge in [0.2, 0.25) is 0 Å². The molecule has 3 heterocycles. The van der Waals surface area contributed by atoms with Crippen LogP contribution < -0.4 is 24.2 Å². The van der Waals surface area contributed by atoms with Crippen molar-refractivity contribution in [3.8, 4) is 11.5 Å². The van der Waals surface area contributed by atoms with Crippen molar-refractivity contribution in [1.29, 1.82) is 0 Å². The highest BCUT2D eigenvalue weighted by Gasteiger charge is 2.24. The smallest absolute Gasteiger partial charge is 0.260 e. The van der Waals surface area contributed by atoms with Gasteiger partial charge in [0.05, 0.1) is 25.5 Å². The number of benzene rings is 2. The quantitative estimate of drug-likeness (QED) is 0.406. The molecule has 1 amide bonds. The van der Waals surface area contributed by atoms with Gasteiger partial charge in [-0.1, -0.05) is 30.3 Å². The Morgan fingerprint density at radius 1 is 0.861 bits per heavy atom. The van der Waals surface area contributed by atoms with Crippen molar-refractivity contribution in [1.82, 2.24) is 9.97 Å². The van der Waals surface area contributed by atoms with Gasteiger partial charge < -0.3 is 24.2 Å². The molecule has 2 aromatic heterocycles. The molecular formula is C28H29N5O3. The molecule has 1 fully saturated rings. The summed E-state index contributed by atoms with van der Waals surface area (Å²) in [5.41, 5.74) is 1.20. The topological polar surface area (TPSA) is 71.0 Å². The van der Waals surface area contributed by atoms with Gasteiger partial charge in [-0.05, 0) is 29.7 Å². The molecule has 1 aliphatic heterocycles. The van der Waals surface area contributed by atoms with Gasteiger partial charge >= 0.3 is 0 Å². The van der Waals surface area contributed by atoms with Crippen LogP contribution in [0.4, 0.5) is 17.3 Å². The zero-order chi connectivity index (χ0) is 25.1. The zero-order valence-corrected chi connectivity index (χ0v) is 20.7. The molecular weight excluding hydrogens is 454 g/mol. The van der Waals surface area contributed by atoms with Crippen molar-refractivity contribution >= 4 is 34.0 Å². The number of carbonyl (C=O) groups is 1. The monoisotopic (exact) mass is 483 g/mol. The number of ether oxygens (including phenoxy) is 2. The van der Waals surface area contributed by atoms with Crippen molar-refractivity contribution in [2.75, 3.05) is 62.1 Å². The van der Waals surface area contributed by atoms with Crippen LogP contribution in [0.15, 0.2) is 73.1 Å². The number of pyridine rings is 2. The third kappa shape index (κ3) is 4.37. The molecule has 184 valence electrons. The Bertz CT molecular complexity index is 1370. The van der Waals surface area contributed by atoms with Gasteiger partial charge in [0.1, 0.15) is 23.1 Å². The fourth-order valence-electron chi connectivity index (χ4n) is 4.64. The number of anilines is 3. The van der Waals surface area contributed by atoms with E-state index in [1.165, 1.54) is 0 Å². The van der Waals surface area contributed by atoms with E-state index in [-0.39, 0.29) is 5.91 Å². The number of piperazine rings is 1. The van der Waals surface area contributed by atoms with E-state index in [0.29, 0.717) is 22.7 Å². The van der Waals surface area contributed by atoms with Crippen LogP contribution in [-0.2, 0) is 0 Å². The number of hydrogen-bond acceptors (Lipinski definition) is 7. The maximum Gasteiger partial charge on any atom is 0.260 e. The van der Waals surface area contributed by atoms with Crippen LogP contribution in [0, 0.1) is 0 Å². The van der Waals surface area contributed by atoms with E-state index in [2.05, 4.69) is 14.8 Å². The van der Waals surface area contributed by atoms with Crippen LogP contribution in [0.3, 0.4) is 0 Å². The van der Waals surface area contributed by atoms with Crippen molar-refractivity contribution in [2.45, 2.75) is 0 Å². The molecule has 4 aromatic rings. The minimum absolute atomic E-state index is 0.159. The van der Waals surface area contributed by atoms with Crippen LogP contribution >= 0.6 is 0 Å². The summed E-state index contributed by atoms with van der Waals surface area (Å²) in [6.45, 7) is 3.36. The fourth-order valence-corrected chi connectivity index (χ4v) is 4.64. The van der Waals surface area contributed by atoms with E-state index < -0.39 is 0 Å². The van der Waals surface area contributed by atoms with E-state index in [1.54, 1.807) is 38.4 Å². The highest BCUT2D eigenvalue weighted by atomic mass is 16.5. The molecule has 0 saturated carbocycles.